The van der Waals surface area contributed by atoms with Crippen LogP contribution in [0.4, 0.5) is 18.9 Å². The Kier molecular flexibility index (Phi) is 6.90. The molecular formula is C25H24F3N5O2. The number of benzene rings is 2. The van der Waals surface area contributed by atoms with E-state index in [1.165, 1.54) is 22.7 Å². The van der Waals surface area contributed by atoms with Crippen molar-refractivity contribution in [2.24, 2.45) is 0 Å². The summed E-state index contributed by atoms with van der Waals surface area (Å²) in [7, 11) is 0. The molecule has 0 spiro atoms. The number of aromatic nitrogens is 3. The highest BCUT2D eigenvalue weighted by molar-refractivity contribution is 5.96. The van der Waals surface area contributed by atoms with Crippen LogP contribution in [0.5, 0.6) is 11.6 Å². The van der Waals surface area contributed by atoms with Gasteiger partial charge >= 0.3 is 0 Å². The molecule has 0 bridgehead atoms. The maximum absolute atomic E-state index is 13.8. The Morgan fingerprint density at radius 2 is 1.91 bits per heavy atom. The number of amides is 1. The van der Waals surface area contributed by atoms with Crippen LogP contribution in [-0.4, -0.2) is 40.0 Å². The summed E-state index contributed by atoms with van der Waals surface area (Å²) in [5.41, 5.74) is 3.85. The number of ether oxygens (including phenoxy) is 1. The highest BCUT2D eigenvalue weighted by atomic mass is 19.3. The van der Waals surface area contributed by atoms with Gasteiger partial charge in [-0.25, -0.2) is 22.7 Å². The second-order valence-electron chi connectivity index (χ2n) is 7.95. The first-order valence-corrected chi connectivity index (χ1v) is 11.0. The van der Waals surface area contributed by atoms with Gasteiger partial charge < -0.3 is 15.4 Å². The topological polar surface area (TPSA) is 80.5 Å². The van der Waals surface area contributed by atoms with E-state index in [4.69, 9.17) is 4.74 Å². The molecule has 2 aromatic carbocycles. The van der Waals surface area contributed by atoms with E-state index in [9.17, 15) is 18.0 Å². The Bertz CT molecular complexity index is 1390. The van der Waals surface area contributed by atoms with E-state index in [2.05, 4.69) is 20.7 Å². The number of aryl methyl sites for hydroxylation is 2. The molecule has 2 aromatic heterocycles. The van der Waals surface area contributed by atoms with Gasteiger partial charge in [0.15, 0.2) is 5.65 Å². The Morgan fingerprint density at radius 1 is 1.11 bits per heavy atom. The third kappa shape index (κ3) is 5.21. The molecule has 2 heterocycles. The number of halogens is 3. The van der Waals surface area contributed by atoms with Crippen LogP contribution in [0.2, 0.25) is 0 Å². The number of rotatable bonds is 8. The van der Waals surface area contributed by atoms with Crippen molar-refractivity contribution in [2.75, 3.05) is 18.4 Å². The Hall–Kier alpha value is -4.08. The van der Waals surface area contributed by atoms with Crippen LogP contribution in [-0.2, 0) is 0 Å². The summed E-state index contributed by atoms with van der Waals surface area (Å²) in [5, 5.41) is 9.93. The normalized spacial score (nSPS) is 11.2. The van der Waals surface area contributed by atoms with Crippen molar-refractivity contribution in [3.8, 4) is 22.9 Å². The van der Waals surface area contributed by atoms with Crippen LogP contribution >= 0.6 is 0 Å². The molecule has 35 heavy (non-hydrogen) atoms. The number of hydrogen-bond acceptors (Lipinski definition) is 5. The monoisotopic (exact) mass is 483 g/mol. The molecule has 1 amide bonds. The highest BCUT2D eigenvalue weighted by Gasteiger charge is 2.17. The Morgan fingerprint density at radius 3 is 2.63 bits per heavy atom. The van der Waals surface area contributed by atoms with Crippen LogP contribution in [0.15, 0.2) is 48.7 Å². The Balaban J connectivity index is 1.80. The number of anilines is 1. The molecule has 0 aliphatic carbocycles. The lowest BCUT2D eigenvalue weighted by atomic mass is 10.0. The van der Waals surface area contributed by atoms with Crippen molar-refractivity contribution in [1.29, 1.82) is 0 Å². The predicted molar refractivity (Wildman–Crippen MR) is 127 cm³/mol. The van der Waals surface area contributed by atoms with Gasteiger partial charge in [0.25, 0.3) is 12.3 Å². The lowest BCUT2D eigenvalue weighted by Crippen LogP contribution is -2.23. The fourth-order valence-electron chi connectivity index (χ4n) is 3.64. The number of hydrogen-bond donors (Lipinski definition) is 2. The average Bonchev–Trinajstić information content (AvgIpc) is 3.24. The first-order valence-electron chi connectivity index (χ1n) is 11.0. The average molecular weight is 483 g/mol. The van der Waals surface area contributed by atoms with Gasteiger partial charge in [-0.05, 0) is 50.1 Å². The van der Waals surface area contributed by atoms with Crippen LogP contribution in [0.3, 0.4) is 0 Å². The third-order valence-corrected chi connectivity index (χ3v) is 5.36. The highest BCUT2D eigenvalue weighted by Crippen LogP contribution is 2.31. The van der Waals surface area contributed by atoms with E-state index in [-0.39, 0.29) is 23.2 Å². The summed E-state index contributed by atoms with van der Waals surface area (Å²) in [4.78, 5) is 16.6. The fraction of sp³-hybridized carbons (Fsp3) is 0.240. The van der Waals surface area contributed by atoms with Gasteiger partial charge in [0.1, 0.15) is 11.6 Å². The van der Waals surface area contributed by atoms with Gasteiger partial charge in [-0.15, -0.1) is 5.10 Å². The van der Waals surface area contributed by atoms with Crippen LogP contribution in [0.1, 0.15) is 28.4 Å². The van der Waals surface area contributed by atoms with E-state index < -0.39 is 18.8 Å². The number of carbonyl (C=O) groups excluding carboxylic acids is 1. The summed E-state index contributed by atoms with van der Waals surface area (Å²) in [6.45, 7) is 5.34. The summed E-state index contributed by atoms with van der Waals surface area (Å²) in [5.74, 6) is -0.334. The summed E-state index contributed by atoms with van der Waals surface area (Å²) in [6.07, 6.45) is -1.02. The number of fused-ring (bicyclic) bond motifs is 1. The minimum absolute atomic E-state index is 0.0675. The van der Waals surface area contributed by atoms with Crippen molar-refractivity contribution in [2.45, 2.75) is 27.2 Å². The number of carbonyl (C=O) groups is 1. The fourth-order valence-corrected chi connectivity index (χ4v) is 3.64. The third-order valence-electron chi connectivity index (χ3n) is 5.36. The molecule has 2 N–H and O–H groups in total. The first-order chi connectivity index (χ1) is 16.8. The second kappa shape index (κ2) is 10.0. The molecule has 7 nitrogen and oxygen atoms in total. The van der Waals surface area contributed by atoms with Gasteiger partial charge in [-0.3, -0.25) is 4.79 Å². The number of imidazole rings is 1. The van der Waals surface area contributed by atoms with Crippen molar-refractivity contribution < 1.29 is 22.7 Å². The minimum Gasteiger partial charge on any atom is -0.437 e. The molecule has 4 aromatic rings. The molecule has 0 fully saturated rings. The lowest BCUT2D eigenvalue weighted by molar-refractivity contribution is 0.0955. The first kappa shape index (κ1) is 24.1. The van der Waals surface area contributed by atoms with E-state index in [1.807, 2.05) is 19.9 Å². The summed E-state index contributed by atoms with van der Waals surface area (Å²) >= 11 is 0. The molecule has 0 radical (unpaired) electrons. The van der Waals surface area contributed by atoms with Gasteiger partial charge in [0, 0.05) is 29.8 Å². The van der Waals surface area contributed by atoms with Crippen molar-refractivity contribution in [3.05, 3.63) is 71.2 Å². The van der Waals surface area contributed by atoms with Gasteiger partial charge in [-0.1, -0.05) is 12.1 Å². The molecule has 0 atom stereocenters. The second-order valence-corrected chi connectivity index (χ2v) is 7.95. The van der Waals surface area contributed by atoms with Gasteiger partial charge in [0.05, 0.1) is 24.1 Å². The SMILES string of the molecule is CCNC(=O)c1ccc(-c2cnc3c(NCC(F)F)cc(Oc4cc(F)ccc4C)nn23)cc1C. The molecule has 10 heteroatoms. The molecule has 182 valence electrons. The van der Waals surface area contributed by atoms with Crippen molar-refractivity contribution >= 4 is 17.2 Å². The number of nitrogens with one attached hydrogen (secondary N) is 2. The van der Waals surface area contributed by atoms with Crippen molar-refractivity contribution in [3.63, 3.8) is 0 Å². The molecule has 0 saturated carbocycles. The minimum atomic E-state index is -2.59. The maximum Gasteiger partial charge on any atom is 0.255 e. The molecule has 4 rings (SSSR count). The maximum atomic E-state index is 13.8. The molecule has 0 unspecified atom stereocenters. The molecule has 0 saturated heterocycles. The van der Waals surface area contributed by atoms with Gasteiger partial charge in [0.2, 0.25) is 5.88 Å². The van der Waals surface area contributed by atoms with E-state index in [0.29, 0.717) is 29.0 Å². The van der Waals surface area contributed by atoms with E-state index in [1.54, 1.807) is 31.3 Å². The number of nitrogens with zero attached hydrogens (tertiary/aromatic N) is 3. The quantitative estimate of drug-likeness (QED) is 0.352. The summed E-state index contributed by atoms with van der Waals surface area (Å²) in [6, 6.07) is 10.9. The zero-order valence-electron chi connectivity index (χ0n) is 19.4. The van der Waals surface area contributed by atoms with E-state index >= 15 is 0 Å². The van der Waals surface area contributed by atoms with Crippen LogP contribution in [0.25, 0.3) is 16.9 Å². The zero-order valence-corrected chi connectivity index (χ0v) is 19.4. The predicted octanol–water partition coefficient (Wildman–Crippen LogP) is 5.37. The Labute approximate surface area is 199 Å². The summed E-state index contributed by atoms with van der Waals surface area (Å²) < 4.78 is 46.9. The zero-order chi connectivity index (χ0) is 25.1. The van der Waals surface area contributed by atoms with E-state index in [0.717, 1.165) is 11.1 Å². The van der Waals surface area contributed by atoms with Crippen LogP contribution < -0.4 is 15.4 Å². The molecule has 0 aliphatic heterocycles. The van der Waals surface area contributed by atoms with Crippen molar-refractivity contribution in [1.82, 2.24) is 19.9 Å². The van der Waals surface area contributed by atoms with Crippen LogP contribution in [0, 0.1) is 19.7 Å². The molecule has 0 aliphatic rings. The lowest BCUT2D eigenvalue weighted by Gasteiger charge is -2.13. The molecular weight excluding hydrogens is 459 g/mol. The largest absolute Gasteiger partial charge is 0.437 e. The van der Waals surface area contributed by atoms with Gasteiger partial charge in [-0.2, -0.15) is 0 Å². The smallest absolute Gasteiger partial charge is 0.255 e. The standard InChI is InChI=1S/C25H24F3N5O2/c1-4-29-25(34)18-8-6-16(9-15(18)3)20-12-31-24-19(30-13-22(27)28)11-23(32-33(20)24)35-21-10-17(26)7-5-14(21)2/h5-12,22,30H,4,13H2,1-3H3,(H,29,34). The number of alkyl halides is 2.